The van der Waals surface area contributed by atoms with Crippen LogP contribution in [0.25, 0.3) is 0 Å². The summed E-state index contributed by atoms with van der Waals surface area (Å²) in [4.78, 5) is 0. The number of hydrogen-bond acceptors (Lipinski definition) is 3. The molecule has 3 nitrogen and oxygen atoms in total. The number of rotatable bonds is 2. The van der Waals surface area contributed by atoms with Gasteiger partial charge in [0.25, 0.3) is 0 Å². The van der Waals surface area contributed by atoms with Gasteiger partial charge in [0.1, 0.15) is 11.7 Å². The summed E-state index contributed by atoms with van der Waals surface area (Å²) >= 11 is 0. The molecule has 1 saturated heterocycles. The molecule has 0 radical (unpaired) electrons. The van der Waals surface area contributed by atoms with Crippen molar-refractivity contribution in [2.75, 3.05) is 19.8 Å². The Kier molecular flexibility index (Phi) is 3.05. The van der Waals surface area contributed by atoms with Crippen molar-refractivity contribution >= 4 is 0 Å². The van der Waals surface area contributed by atoms with Gasteiger partial charge in [0.2, 0.25) is 0 Å². The monoisotopic (exact) mass is 208 g/mol. The third-order valence-electron chi connectivity index (χ3n) is 2.93. The van der Waals surface area contributed by atoms with E-state index in [2.05, 4.69) is 0 Å². The standard InChI is InChI=1S/C12H16O3/c1-12(10-5-3-2-4-6-10)11(9-13)14-7-8-15-12/h2-6,11,13H,7-9H2,1H3. The predicted molar refractivity (Wildman–Crippen MR) is 56.6 cm³/mol. The lowest BCUT2D eigenvalue weighted by atomic mass is 9.89. The largest absolute Gasteiger partial charge is 0.394 e. The van der Waals surface area contributed by atoms with Gasteiger partial charge in [-0.3, -0.25) is 0 Å². The smallest absolute Gasteiger partial charge is 0.119 e. The molecular formula is C12H16O3. The topological polar surface area (TPSA) is 38.7 Å². The predicted octanol–water partition coefficient (Wildman–Crippen LogP) is 1.31. The fraction of sp³-hybridized carbons (Fsp3) is 0.500. The minimum Gasteiger partial charge on any atom is -0.394 e. The summed E-state index contributed by atoms with van der Waals surface area (Å²) in [6.45, 7) is 3.06. The normalized spacial score (nSPS) is 31.5. The summed E-state index contributed by atoms with van der Waals surface area (Å²) in [5, 5.41) is 9.28. The Balaban J connectivity index is 2.30. The van der Waals surface area contributed by atoms with E-state index in [0.29, 0.717) is 13.2 Å². The maximum absolute atomic E-state index is 9.28. The Morgan fingerprint density at radius 1 is 1.33 bits per heavy atom. The lowest BCUT2D eigenvalue weighted by molar-refractivity contribution is -0.211. The Labute approximate surface area is 89.6 Å². The van der Waals surface area contributed by atoms with Gasteiger partial charge in [0.15, 0.2) is 0 Å². The maximum atomic E-state index is 9.28. The summed E-state index contributed by atoms with van der Waals surface area (Å²) in [7, 11) is 0. The lowest BCUT2D eigenvalue weighted by Gasteiger charge is -2.40. The molecule has 1 aliphatic rings. The van der Waals surface area contributed by atoms with Crippen molar-refractivity contribution in [3.8, 4) is 0 Å². The molecule has 0 spiro atoms. The van der Waals surface area contributed by atoms with E-state index < -0.39 is 5.60 Å². The molecule has 2 rings (SSSR count). The first-order valence-electron chi connectivity index (χ1n) is 5.19. The molecule has 15 heavy (non-hydrogen) atoms. The lowest BCUT2D eigenvalue weighted by Crippen LogP contribution is -2.48. The fourth-order valence-corrected chi connectivity index (χ4v) is 1.96. The van der Waals surface area contributed by atoms with Gasteiger partial charge >= 0.3 is 0 Å². The second-order valence-electron chi connectivity index (χ2n) is 3.86. The third kappa shape index (κ3) is 1.91. The molecule has 0 bridgehead atoms. The molecule has 1 aliphatic heterocycles. The fourth-order valence-electron chi connectivity index (χ4n) is 1.96. The van der Waals surface area contributed by atoms with E-state index in [1.165, 1.54) is 0 Å². The molecule has 1 aromatic rings. The quantitative estimate of drug-likeness (QED) is 0.796. The number of aliphatic hydroxyl groups excluding tert-OH is 1. The number of ether oxygens (including phenoxy) is 2. The van der Waals surface area contributed by atoms with Crippen molar-refractivity contribution in [3.63, 3.8) is 0 Å². The second-order valence-corrected chi connectivity index (χ2v) is 3.86. The van der Waals surface area contributed by atoms with Gasteiger partial charge in [-0.2, -0.15) is 0 Å². The van der Waals surface area contributed by atoms with Crippen LogP contribution >= 0.6 is 0 Å². The second kappa shape index (κ2) is 4.31. The molecule has 0 aliphatic carbocycles. The molecule has 0 amide bonds. The SMILES string of the molecule is CC1(c2ccccc2)OCCOC1CO. The average molecular weight is 208 g/mol. The highest BCUT2D eigenvalue weighted by atomic mass is 16.6. The van der Waals surface area contributed by atoms with Crippen LogP contribution in [-0.2, 0) is 15.1 Å². The van der Waals surface area contributed by atoms with Crippen molar-refractivity contribution in [1.29, 1.82) is 0 Å². The molecule has 0 saturated carbocycles. The van der Waals surface area contributed by atoms with Crippen LogP contribution in [0.4, 0.5) is 0 Å². The van der Waals surface area contributed by atoms with Crippen LogP contribution in [0, 0.1) is 0 Å². The van der Waals surface area contributed by atoms with Gasteiger partial charge in [-0.05, 0) is 12.5 Å². The van der Waals surface area contributed by atoms with Gasteiger partial charge in [0, 0.05) is 0 Å². The maximum Gasteiger partial charge on any atom is 0.119 e. The van der Waals surface area contributed by atoms with Crippen molar-refractivity contribution in [1.82, 2.24) is 0 Å². The van der Waals surface area contributed by atoms with Crippen LogP contribution in [0.5, 0.6) is 0 Å². The minimum atomic E-state index is -0.533. The highest BCUT2D eigenvalue weighted by Crippen LogP contribution is 2.33. The van der Waals surface area contributed by atoms with E-state index in [4.69, 9.17) is 9.47 Å². The van der Waals surface area contributed by atoms with Crippen molar-refractivity contribution in [3.05, 3.63) is 35.9 Å². The molecule has 3 heteroatoms. The van der Waals surface area contributed by atoms with Crippen LogP contribution < -0.4 is 0 Å². The number of benzene rings is 1. The zero-order valence-electron chi connectivity index (χ0n) is 8.85. The van der Waals surface area contributed by atoms with E-state index in [9.17, 15) is 5.11 Å². The van der Waals surface area contributed by atoms with Crippen molar-refractivity contribution in [2.24, 2.45) is 0 Å². The average Bonchev–Trinajstić information content (AvgIpc) is 2.31. The summed E-state index contributed by atoms with van der Waals surface area (Å²) in [5.74, 6) is 0. The number of hydrogen-bond donors (Lipinski definition) is 1. The van der Waals surface area contributed by atoms with E-state index in [0.717, 1.165) is 5.56 Å². The summed E-state index contributed by atoms with van der Waals surface area (Å²) < 4.78 is 11.3. The Bertz CT molecular complexity index is 312. The first-order chi connectivity index (χ1) is 7.27. The van der Waals surface area contributed by atoms with Gasteiger partial charge in [-0.25, -0.2) is 0 Å². The van der Waals surface area contributed by atoms with Crippen LogP contribution in [0.2, 0.25) is 0 Å². The van der Waals surface area contributed by atoms with E-state index in [-0.39, 0.29) is 12.7 Å². The molecule has 1 aromatic carbocycles. The van der Waals surface area contributed by atoms with Crippen LogP contribution in [0.1, 0.15) is 12.5 Å². The molecule has 82 valence electrons. The van der Waals surface area contributed by atoms with Gasteiger partial charge in [-0.1, -0.05) is 30.3 Å². The van der Waals surface area contributed by atoms with E-state index >= 15 is 0 Å². The highest BCUT2D eigenvalue weighted by Gasteiger charge is 2.40. The van der Waals surface area contributed by atoms with E-state index in [1.54, 1.807) is 0 Å². The summed E-state index contributed by atoms with van der Waals surface area (Å²) in [6.07, 6.45) is -0.284. The third-order valence-corrected chi connectivity index (χ3v) is 2.93. The van der Waals surface area contributed by atoms with Crippen LogP contribution in [-0.4, -0.2) is 31.0 Å². The molecule has 1 fully saturated rings. The molecule has 1 heterocycles. The Hall–Kier alpha value is -0.900. The zero-order valence-corrected chi connectivity index (χ0v) is 8.85. The van der Waals surface area contributed by atoms with Crippen LogP contribution in [0.15, 0.2) is 30.3 Å². The van der Waals surface area contributed by atoms with Gasteiger partial charge in [0.05, 0.1) is 19.8 Å². The van der Waals surface area contributed by atoms with Crippen molar-refractivity contribution < 1.29 is 14.6 Å². The van der Waals surface area contributed by atoms with Gasteiger partial charge < -0.3 is 14.6 Å². The molecule has 2 unspecified atom stereocenters. The molecular weight excluding hydrogens is 192 g/mol. The Morgan fingerprint density at radius 2 is 2.07 bits per heavy atom. The highest BCUT2D eigenvalue weighted by molar-refractivity contribution is 5.23. The summed E-state index contributed by atoms with van der Waals surface area (Å²) in [6, 6.07) is 9.89. The molecule has 1 N–H and O–H groups in total. The minimum absolute atomic E-state index is 0.0224. The molecule has 2 atom stereocenters. The zero-order chi connectivity index (χ0) is 10.7. The number of aliphatic hydroxyl groups is 1. The Morgan fingerprint density at radius 3 is 2.73 bits per heavy atom. The summed E-state index contributed by atoms with van der Waals surface area (Å²) in [5.41, 5.74) is 0.512. The molecule has 0 aromatic heterocycles. The van der Waals surface area contributed by atoms with Crippen LogP contribution in [0.3, 0.4) is 0 Å². The van der Waals surface area contributed by atoms with E-state index in [1.807, 2.05) is 37.3 Å². The first-order valence-corrected chi connectivity index (χ1v) is 5.19. The van der Waals surface area contributed by atoms with Gasteiger partial charge in [-0.15, -0.1) is 0 Å². The van der Waals surface area contributed by atoms with Crippen molar-refractivity contribution in [2.45, 2.75) is 18.6 Å². The first kappa shape index (κ1) is 10.6.